The molecule has 0 aromatic carbocycles. The molecule has 112 valence electrons. The van der Waals surface area contributed by atoms with Crippen molar-refractivity contribution in [1.29, 1.82) is 0 Å². The number of carbonyl (C=O) groups excluding carboxylic acids is 1. The summed E-state index contributed by atoms with van der Waals surface area (Å²) in [5.74, 6) is -1.03. The highest BCUT2D eigenvalue weighted by molar-refractivity contribution is 5.82. The fraction of sp³-hybridized carbons (Fsp3) is 0.833. The van der Waals surface area contributed by atoms with Gasteiger partial charge in [-0.25, -0.2) is 9.59 Å². The van der Waals surface area contributed by atoms with Gasteiger partial charge in [0.2, 0.25) is 0 Å². The van der Waals surface area contributed by atoms with Crippen LogP contribution in [-0.4, -0.2) is 68.6 Å². The molecule has 0 heterocycles. The Hall–Kier alpha value is -1.34. The lowest BCUT2D eigenvalue weighted by molar-refractivity contribution is -0.139. The molecule has 19 heavy (non-hydrogen) atoms. The molecular weight excluding hydrogens is 252 g/mol. The van der Waals surface area contributed by atoms with Gasteiger partial charge in [0.05, 0.1) is 6.61 Å². The monoisotopic (exact) mass is 276 g/mol. The number of urea groups is 1. The first-order valence-electron chi connectivity index (χ1n) is 6.32. The third kappa shape index (κ3) is 7.63. The highest BCUT2D eigenvalue weighted by atomic mass is 16.5. The van der Waals surface area contributed by atoms with Crippen LogP contribution in [0.4, 0.5) is 4.79 Å². The van der Waals surface area contributed by atoms with Crippen LogP contribution in [-0.2, 0) is 14.3 Å². The van der Waals surface area contributed by atoms with E-state index < -0.39 is 12.0 Å². The second-order valence-electron chi connectivity index (χ2n) is 4.05. The fourth-order valence-corrected chi connectivity index (χ4v) is 1.53. The first kappa shape index (κ1) is 17.7. The third-order valence-electron chi connectivity index (χ3n) is 2.67. The first-order valence-corrected chi connectivity index (χ1v) is 6.32. The van der Waals surface area contributed by atoms with Crippen molar-refractivity contribution in [2.24, 2.45) is 0 Å². The van der Waals surface area contributed by atoms with Crippen LogP contribution in [0.25, 0.3) is 0 Å². The second-order valence-corrected chi connectivity index (χ2v) is 4.05. The van der Waals surface area contributed by atoms with Gasteiger partial charge >= 0.3 is 12.0 Å². The number of carboxylic acid groups (broad SMARTS) is 1. The van der Waals surface area contributed by atoms with E-state index in [1.54, 1.807) is 14.2 Å². The van der Waals surface area contributed by atoms with Crippen molar-refractivity contribution in [3.63, 3.8) is 0 Å². The molecule has 0 aliphatic rings. The van der Waals surface area contributed by atoms with E-state index in [9.17, 15) is 9.59 Å². The number of carbonyl (C=O) groups is 2. The predicted octanol–water partition coefficient (Wildman–Crippen LogP) is 0.544. The van der Waals surface area contributed by atoms with E-state index in [1.807, 2.05) is 6.92 Å². The van der Waals surface area contributed by atoms with Gasteiger partial charge in [0.15, 0.2) is 0 Å². The van der Waals surface area contributed by atoms with Crippen molar-refractivity contribution >= 4 is 12.0 Å². The summed E-state index contributed by atoms with van der Waals surface area (Å²) < 4.78 is 9.77. The van der Waals surface area contributed by atoms with Gasteiger partial charge in [0.1, 0.15) is 6.04 Å². The van der Waals surface area contributed by atoms with Crippen LogP contribution >= 0.6 is 0 Å². The van der Waals surface area contributed by atoms with E-state index in [2.05, 4.69) is 5.32 Å². The van der Waals surface area contributed by atoms with Gasteiger partial charge in [-0.3, -0.25) is 0 Å². The van der Waals surface area contributed by atoms with Crippen LogP contribution in [0.5, 0.6) is 0 Å². The van der Waals surface area contributed by atoms with Gasteiger partial charge < -0.3 is 24.8 Å². The third-order valence-corrected chi connectivity index (χ3v) is 2.67. The van der Waals surface area contributed by atoms with Crippen molar-refractivity contribution in [3.8, 4) is 0 Å². The number of nitrogens with zero attached hydrogens (tertiary/aromatic N) is 1. The summed E-state index contributed by atoms with van der Waals surface area (Å²) in [6, 6.07) is -1.27. The van der Waals surface area contributed by atoms with Crippen LogP contribution < -0.4 is 5.32 Å². The minimum Gasteiger partial charge on any atom is -0.480 e. The quantitative estimate of drug-likeness (QED) is 0.569. The minimum absolute atomic E-state index is 0.344. The maximum Gasteiger partial charge on any atom is 0.326 e. The van der Waals surface area contributed by atoms with E-state index in [0.717, 1.165) is 0 Å². The van der Waals surface area contributed by atoms with E-state index in [0.29, 0.717) is 39.1 Å². The number of methoxy groups -OCH3 is 2. The second kappa shape index (κ2) is 10.6. The molecule has 1 atom stereocenters. The summed E-state index contributed by atoms with van der Waals surface area (Å²) in [5.41, 5.74) is 0. The van der Waals surface area contributed by atoms with Crippen LogP contribution in [0.3, 0.4) is 0 Å². The number of aliphatic carboxylic acids is 1. The number of likely N-dealkylation sites (N-methyl/N-ethyl adjacent to an activating group) is 1. The average Bonchev–Trinajstić information content (AvgIpc) is 2.38. The number of rotatable bonds is 10. The zero-order chi connectivity index (χ0) is 14.7. The van der Waals surface area contributed by atoms with Crippen molar-refractivity contribution in [2.45, 2.75) is 25.8 Å². The summed E-state index contributed by atoms with van der Waals surface area (Å²) in [7, 11) is 3.11. The van der Waals surface area contributed by atoms with Crippen molar-refractivity contribution < 1.29 is 24.2 Å². The molecule has 7 nitrogen and oxygen atoms in total. The van der Waals surface area contributed by atoms with E-state index in [4.69, 9.17) is 14.6 Å². The zero-order valence-electron chi connectivity index (χ0n) is 11.8. The molecule has 0 saturated heterocycles. The van der Waals surface area contributed by atoms with Crippen LogP contribution in [0.2, 0.25) is 0 Å². The standard InChI is InChI=1S/C12H24N2O5/c1-4-14(7-9-19-3)12(17)13-10(11(15)16)6-5-8-18-2/h10H,4-9H2,1-3H3,(H,13,17)(H,15,16). The van der Waals surface area contributed by atoms with Crippen molar-refractivity contribution in [3.05, 3.63) is 0 Å². The SMILES string of the molecule is CCN(CCOC)C(=O)NC(CCCOC)C(=O)O. The maximum absolute atomic E-state index is 11.9. The Labute approximate surface area is 113 Å². The molecule has 7 heteroatoms. The number of carboxylic acids is 1. The fourth-order valence-electron chi connectivity index (χ4n) is 1.53. The average molecular weight is 276 g/mol. The summed E-state index contributed by atoms with van der Waals surface area (Å²) in [6.07, 6.45) is 0.925. The summed E-state index contributed by atoms with van der Waals surface area (Å²) in [6.45, 7) is 3.66. The van der Waals surface area contributed by atoms with Crippen LogP contribution in [0, 0.1) is 0 Å². The molecule has 0 radical (unpaired) electrons. The summed E-state index contributed by atoms with van der Waals surface area (Å²) in [4.78, 5) is 24.5. The molecule has 0 saturated carbocycles. The van der Waals surface area contributed by atoms with Crippen LogP contribution in [0.15, 0.2) is 0 Å². The van der Waals surface area contributed by atoms with E-state index in [-0.39, 0.29) is 6.03 Å². The number of amides is 2. The Kier molecular flexibility index (Phi) is 9.82. The Morgan fingerprint density at radius 3 is 2.37 bits per heavy atom. The molecule has 0 aliphatic heterocycles. The van der Waals surface area contributed by atoms with Crippen LogP contribution in [0.1, 0.15) is 19.8 Å². The normalized spacial score (nSPS) is 11.9. The van der Waals surface area contributed by atoms with Gasteiger partial charge in [-0.1, -0.05) is 0 Å². The van der Waals surface area contributed by atoms with E-state index >= 15 is 0 Å². The Balaban J connectivity index is 4.30. The molecule has 0 fully saturated rings. The minimum atomic E-state index is -1.03. The molecule has 0 rings (SSSR count). The van der Waals surface area contributed by atoms with Gasteiger partial charge in [0, 0.05) is 33.9 Å². The largest absolute Gasteiger partial charge is 0.480 e. The van der Waals surface area contributed by atoms with E-state index in [1.165, 1.54) is 4.90 Å². The molecule has 0 spiro atoms. The Bertz CT molecular complexity index is 273. The Morgan fingerprint density at radius 2 is 1.89 bits per heavy atom. The lowest BCUT2D eigenvalue weighted by Crippen LogP contribution is -2.48. The molecule has 0 aromatic heterocycles. The number of hydrogen-bond donors (Lipinski definition) is 2. The first-order chi connectivity index (χ1) is 9.06. The molecular formula is C12H24N2O5. The summed E-state index contributed by atoms with van der Waals surface area (Å²) in [5, 5.41) is 11.6. The highest BCUT2D eigenvalue weighted by Gasteiger charge is 2.21. The van der Waals surface area contributed by atoms with Gasteiger partial charge in [-0.15, -0.1) is 0 Å². The topological polar surface area (TPSA) is 88.1 Å². The molecule has 2 amide bonds. The van der Waals surface area contributed by atoms with Gasteiger partial charge in [-0.05, 0) is 19.8 Å². The number of ether oxygens (including phenoxy) is 2. The van der Waals surface area contributed by atoms with Crippen molar-refractivity contribution in [1.82, 2.24) is 10.2 Å². The lowest BCUT2D eigenvalue weighted by atomic mass is 10.1. The lowest BCUT2D eigenvalue weighted by Gasteiger charge is -2.23. The maximum atomic E-state index is 11.9. The Morgan fingerprint density at radius 1 is 1.26 bits per heavy atom. The molecule has 2 N–H and O–H groups in total. The number of hydrogen-bond acceptors (Lipinski definition) is 4. The molecule has 0 aromatic rings. The number of nitrogens with one attached hydrogen (secondary N) is 1. The predicted molar refractivity (Wildman–Crippen MR) is 70.2 cm³/mol. The van der Waals surface area contributed by atoms with Gasteiger partial charge in [-0.2, -0.15) is 0 Å². The molecule has 1 unspecified atom stereocenters. The summed E-state index contributed by atoms with van der Waals surface area (Å²) >= 11 is 0. The smallest absolute Gasteiger partial charge is 0.326 e. The molecule has 0 aliphatic carbocycles. The molecule has 0 bridgehead atoms. The van der Waals surface area contributed by atoms with Crippen molar-refractivity contribution in [2.75, 3.05) is 40.5 Å². The zero-order valence-corrected chi connectivity index (χ0v) is 11.8. The van der Waals surface area contributed by atoms with Gasteiger partial charge in [0.25, 0.3) is 0 Å². The highest BCUT2D eigenvalue weighted by Crippen LogP contribution is 2.00.